The van der Waals surface area contributed by atoms with E-state index in [-0.39, 0.29) is 17.0 Å². The molecule has 1 aromatic heterocycles. The topological polar surface area (TPSA) is 88.2 Å². The molecular formula is C20H13N3O3. The lowest BCUT2D eigenvalue weighted by Gasteiger charge is -2.08. The number of ketones is 1. The van der Waals surface area contributed by atoms with Crippen molar-refractivity contribution in [3.8, 4) is 11.1 Å². The van der Waals surface area contributed by atoms with Crippen molar-refractivity contribution >= 4 is 17.6 Å². The molecule has 1 aliphatic rings. The Hall–Kier alpha value is -3.80. The third kappa shape index (κ3) is 2.63. The number of hydrazine groups is 1. The first kappa shape index (κ1) is 15.7. The Labute approximate surface area is 148 Å². The van der Waals surface area contributed by atoms with Gasteiger partial charge in [-0.05, 0) is 35.4 Å². The summed E-state index contributed by atoms with van der Waals surface area (Å²) in [6.07, 6.45) is 1.49. The van der Waals surface area contributed by atoms with Gasteiger partial charge in [-0.25, -0.2) is 0 Å². The van der Waals surface area contributed by atoms with Gasteiger partial charge in [0.05, 0.1) is 0 Å². The van der Waals surface area contributed by atoms with E-state index in [0.29, 0.717) is 11.1 Å². The van der Waals surface area contributed by atoms with Crippen LogP contribution in [0.2, 0.25) is 0 Å². The molecule has 1 heterocycles. The van der Waals surface area contributed by atoms with Crippen molar-refractivity contribution in [3.63, 3.8) is 0 Å². The van der Waals surface area contributed by atoms with E-state index < -0.39 is 11.8 Å². The van der Waals surface area contributed by atoms with Crippen molar-refractivity contribution < 1.29 is 14.4 Å². The maximum absolute atomic E-state index is 12.5. The van der Waals surface area contributed by atoms with Gasteiger partial charge in [-0.3, -0.25) is 30.2 Å². The molecule has 0 saturated carbocycles. The van der Waals surface area contributed by atoms with Gasteiger partial charge in [-0.15, -0.1) is 0 Å². The summed E-state index contributed by atoms with van der Waals surface area (Å²) in [5.74, 6) is -1.15. The molecule has 2 amide bonds. The van der Waals surface area contributed by atoms with Crippen molar-refractivity contribution in [1.82, 2.24) is 15.8 Å². The molecule has 0 atom stereocenters. The van der Waals surface area contributed by atoms with Crippen LogP contribution >= 0.6 is 0 Å². The van der Waals surface area contributed by atoms with Gasteiger partial charge in [-0.2, -0.15) is 0 Å². The van der Waals surface area contributed by atoms with E-state index in [1.807, 2.05) is 18.2 Å². The SMILES string of the molecule is O=C(NNC(=O)c1ccccn1)c1ccc2c(c1)C(=O)c1ccccc1-2. The van der Waals surface area contributed by atoms with Crippen LogP contribution in [0.1, 0.15) is 36.8 Å². The van der Waals surface area contributed by atoms with Crippen molar-refractivity contribution in [2.75, 3.05) is 0 Å². The highest BCUT2D eigenvalue weighted by Gasteiger charge is 2.27. The molecule has 0 radical (unpaired) electrons. The quantitative estimate of drug-likeness (QED) is 0.547. The molecule has 0 spiro atoms. The molecule has 0 fully saturated rings. The Morgan fingerprint density at radius 3 is 2.19 bits per heavy atom. The van der Waals surface area contributed by atoms with Crippen LogP contribution in [0.15, 0.2) is 66.9 Å². The van der Waals surface area contributed by atoms with Gasteiger partial charge in [0.2, 0.25) is 0 Å². The molecular weight excluding hydrogens is 330 g/mol. The van der Waals surface area contributed by atoms with E-state index in [2.05, 4.69) is 15.8 Å². The molecule has 2 N–H and O–H groups in total. The van der Waals surface area contributed by atoms with Crippen molar-refractivity contribution in [2.24, 2.45) is 0 Å². The molecule has 1 aliphatic carbocycles. The van der Waals surface area contributed by atoms with E-state index in [9.17, 15) is 14.4 Å². The second-order valence-corrected chi connectivity index (χ2v) is 5.76. The minimum atomic E-state index is -0.524. The molecule has 26 heavy (non-hydrogen) atoms. The Balaban J connectivity index is 1.52. The van der Waals surface area contributed by atoms with Crippen LogP contribution in [0.25, 0.3) is 11.1 Å². The van der Waals surface area contributed by atoms with E-state index in [0.717, 1.165) is 11.1 Å². The number of aromatic nitrogens is 1. The first-order chi connectivity index (χ1) is 12.6. The van der Waals surface area contributed by atoms with E-state index >= 15 is 0 Å². The van der Waals surface area contributed by atoms with E-state index in [1.165, 1.54) is 12.3 Å². The Kier molecular flexibility index (Phi) is 3.78. The molecule has 126 valence electrons. The predicted molar refractivity (Wildman–Crippen MR) is 94.5 cm³/mol. The fourth-order valence-electron chi connectivity index (χ4n) is 2.92. The van der Waals surface area contributed by atoms with Gasteiger partial charge in [0.15, 0.2) is 5.78 Å². The van der Waals surface area contributed by atoms with Gasteiger partial charge in [0.1, 0.15) is 5.69 Å². The smallest absolute Gasteiger partial charge is 0.288 e. The number of amides is 2. The van der Waals surface area contributed by atoms with Gasteiger partial charge in [0, 0.05) is 22.9 Å². The average Bonchev–Trinajstić information content (AvgIpc) is 2.99. The van der Waals surface area contributed by atoms with Crippen molar-refractivity contribution in [2.45, 2.75) is 0 Å². The molecule has 6 nitrogen and oxygen atoms in total. The number of nitrogens with one attached hydrogen (secondary N) is 2. The normalized spacial score (nSPS) is 11.5. The second-order valence-electron chi connectivity index (χ2n) is 5.76. The van der Waals surface area contributed by atoms with Crippen LogP contribution in [0.3, 0.4) is 0 Å². The Morgan fingerprint density at radius 1 is 0.731 bits per heavy atom. The van der Waals surface area contributed by atoms with Crippen LogP contribution in [-0.2, 0) is 0 Å². The van der Waals surface area contributed by atoms with Crippen LogP contribution in [-0.4, -0.2) is 22.6 Å². The zero-order valence-corrected chi connectivity index (χ0v) is 13.5. The number of pyridine rings is 1. The molecule has 3 aromatic rings. The summed E-state index contributed by atoms with van der Waals surface area (Å²) in [5, 5.41) is 0. The number of carbonyl (C=O) groups excluding carboxylic acids is 3. The maximum Gasteiger partial charge on any atom is 0.288 e. The predicted octanol–water partition coefficient (Wildman–Crippen LogP) is 2.37. The first-order valence-electron chi connectivity index (χ1n) is 7.95. The van der Waals surface area contributed by atoms with Gasteiger partial charge >= 0.3 is 0 Å². The monoisotopic (exact) mass is 343 g/mol. The second kappa shape index (κ2) is 6.25. The highest BCUT2D eigenvalue weighted by Crippen LogP contribution is 2.36. The highest BCUT2D eigenvalue weighted by atomic mass is 16.2. The minimum absolute atomic E-state index is 0.109. The summed E-state index contributed by atoms with van der Waals surface area (Å²) in [7, 11) is 0. The number of benzene rings is 2. The summed E-state index contributed by atoms with van der Waals surface area (Å²) in [4.78, 5) is 40.6. The van der Waals surface area contributed by atoms with Crippen LogP contribution in [0.5, 0.6) is 0 Å². The average molecular weight is 343 g/mol. The molecule has 2 aromatic carbocycles. The lowest BCUT2D eigenvalue weighted by Crippen LogP contribution is -2.41. The molecule has 0 saturated heterocycles. The lowest BCUT2D eigenvalue weighted by molar-refractivity contribution is 0.0844. The van der Waals surface area contributed by atoms with Crippen molar-refractivity contribution in [1.29, 1.82) is 0 Å². The zero-order valence-electron chi connectivity index (χ0n) is 13.5. The molecule has 0 unspecified atom stereocenters. The zero-order chi connectivity index (χ0) is 18.1. The molecule has 6 heteroatoms. The number of hydrogen-bond donors (Lipinski definition) is 2. The summed E-state index contributed by atoms with van der Waals surface area (Å²) in [6.45, 7) is 0. The maximum atomic E-state index is 12.5. The summed E-state index contributed by atoms with van der Waals surface area (Å²) in [5.41, 5.74) is 7.89. The first-order valence-corrected chi connectivity index (χ1v) is 7.95. The molecule has 0 bridgehead atoms. The Bertz CT molecular complexity index is 1050. The Morgan fingerprint density at radius 2 is 1.42 bits per heavy atom. The lowest BCUT2D eigenvalue weighted by atomic mass is 10.0. The van der Waals surface area contributed by atoms with Crippen LogP contribution < -0.4 is 10.9 Å². The number of rotatable bonds is 2. The summed E-state index contributed by atoms with van der Waals surface area (Å²) >= 11 is 0. The summed E-state index contributed by atoms with van der Waals surface area (Å²) < 4.78 is 0. The number of carbonyl (C=O) groups is 3. The van der Waals surface area contributed by atoms with Crippen LogP contribution in [0, 0.1) is 0 Å². The van der Waals surface area contributed by atoms with Crippen LogP contribution in [0.4, 0.5) is 0 Å². The summed E-state index contributed by atoms with van der Waals surface area (Å²) in [6, 6.07) is 17.1. The number of hydrogen-bond acceptors (Lipinski definition) is 4. The molecule has 0 aliphatic heterocycles. The van der Waals surface area contributed by atoms with Gasteiger partial charge in [0.25, 0.3) is 11.8 Å². The number of fused-ring (bicyclic) bond motifs is 3. The largest absolute Gasteiger partial charge is 0.289 e. The fraction of sp³-hybridized carbons (Fsp3) is 0. The highest BCUT2D eigenvalue weighted by molar-refractivity contribution is 6.22. The third-order valence-electron chi connectivity index (χ3n) is 4.18. The van der Waals surface area contributed by atoms with Crippen molar-refractivity contribution in [3.05, 3.63) is 89.2 Å². The number of nitrogens with zero attached hydrogens (tertiary/aromatic N) is 1. The third-order valence-corrected chi connectivity index (χ3v) is 4.18. The van der Waals surface area contributed by atoms with Gasteiger partial charge < -0.3 is 0 Å². The standard InChI is InChI=1S/C20H13N3O3/c24-18-15-6-2-1-5-13(15)14-9-8-12(11-16(14)18)19(25)22-23-20(26)17-7-3-4-10-21-17/h1-11H,(H,22,25)(H,23,26). The van der Waals surface area contributed by atoms with E-state index in [1.54, 1.807) is 36.4 Å². The van der Waals surface area contributed by atoms with Gasteiger partial charge in [-0.1, -0.05) is 36.4 Å². The van der Waals surface area contributed by atoms with E-state index in [4.69, 9.17) is 0 Å². The minimum Gasteiger partial charge on any atom is -0.289 e. The fourth-order valence-corrected chi connectivity index (χ4v) is 2.92. The molecule has 4 rings (SSSR count).